The van der Waals surface area contributed by atoms with Gasteiger partial charge in [-0.3, -0.25) is 9.59 Å². The second-order valence-electron chi connectivity index (χ2n) is 4.89. The lowest BCUT2D eigenvalue weighted by Gasteiger charge is -2.11. The molecular formula is C15H17FN2O2. The van der Waals surface area contributed by atoms with E-state index in [1.165, 1.54) is 25.1 Å². The van der Waals surface area contributed by atoms with Crippen molar-refractivity contribution < 1.29 is 14.0 Å². The molecule has 1 aromatic rings. The van der Waals surface area contributed by atoms with Gasteiger partial charge in [-0.1, -0.05) is 12.2 Å². The van der Waals surface area contributed by atoms with Gasteiger partial charge in [-0.05, 0) is 37.0 Å². The number of benzene rings is 1. The highest BCUT2D eigenvalue weighted by Gasteiger charge is 2.15. The first-order chi connectivity index (χ1) is 9.54. The Kier molecular flexibility index (Phi) is 4.50. The molecule has 5 heteroatoms. The van der Waals surface area contributed by atoms with Gasteiger partial charge in [0, 0.05) is 19.0 Å². The predicted molar refractivity (Wildman–Crippen MR) is 75.8 cm³/mol. The molecule has 0 saturated heterocycles. The average molecular weight is 276 g/mol. The SMILES string of the molecule is CC(=O)Nc1ccc(F)c(NC(=O)C[C@H]2C=CCC2)c1. The summed E-state index contributed by atoms with van der Waals surface area (Å²) in [5.74, 6) is -0.753. The van der Waals surface area contributed by atoms with E-state index in [2.05, 4.69) is 16.7 Å². The summed E-state index contributed by atoms with van der Waals surface area (Å²) in [5.41, 5.74) is 0.540. The van der Waals surface area contributed by atoms with Crippen molar-refractivity contribution in [2.45, 2.75) is 26.2 Å². The van der Waals surface area contributed by atoms with E-state index in [1.54, 1.807) is 0 Å². The molecule has 2 rings (SSSR count). The van der Waals surface area contributed by atoms with Gasteiger partial charge >= 0.3 is 0 Å². The maximum absolute atomic E-state index is 13.6. The molecule has 0 aromatic heterocycles. The van der Waals surface area contributed by atoms with Crippen LogP contribution in [-0.4, -0.2) is 11.8 Å². The van der Waals surface area contributed by atoms with Crippen LogP contribution in [0.3, 0.4) is 0 Å². The number of anilines is 2. The van der Waals surface area contributed by atoms with E-state index < -0.39 is 5.82 Å². The molecular weight excluding hydrogens is 259 g/mol. The first-order valence-corrected chi connectivity index (χ1v) is 6.58. The van der Waals surface area contributed by atoms with Crippen molar-refractivity contribution in [1.82, 2.24) is 0 Å². The minimum absolute atomic E-state index is 0.0863. The van der Waals surface area contributed by atoms with Crippen molar-refractivity contribution in [2.24, 2.45) is 5.92 Å². The molecule has 0 bridgehead atoms. The third-order valence-electron chi connectivity index (χ3n) is 3.12. The van der Waals surface area contributed by atoms with Gasteiger partial charge in [0.15, 0.2) is 0 Å². The highest BCUT2D eigenvalue weighted by molar-refractivity contribution is 5.93. The van der Waals surface area contributed by atoms with E-state index in [9.17, 15) is 14.0 Å². The molecule has 4 nitrogen and oxygen atoms in total. The number of amides is 2. The monoisotopic (exact) mass is 276 g/mol. The second kappa shape index (κ2) is 6.32. The van der Waals surface area contributed by atoms with Crippen LogP contribution >= 0.6 is 0 Å². The second-order valence-corrected chi connectivity index (χ2v) is 4.89. The van der Waals surface area contributed by atoms with Crippen LogP contribution in [-0.2, 0) is 9.59 Å². The van der Waals surface area contributed by atoms with Crippen molar-refractivity contribution >= 4 is 23.2 Å². The molecule has 0 radical (unpaired) electrons. The minimum atomic E-state index is -0.519. The summed E-state index contributed by atoms with van der Waals surface area (Å²) in [5, 5.41) is 5.10. The molecule has 2 N–H and O–H groups in total. The summed E-state index contributed by atoms with van der Waals surface area (Å²) in [6.07, 6.45) is 6.37. The first-order valence-electron chi connectivity index (χ1n) is 6.58. The summed E-state index contributed by atoms with van der Waals surface area (Å²) in [7, 11) is 0. The fourth-order valence-corrected chi connectivity index (χ4v) is 2.21. The molecule has 1 aromatic carbocycles. The molecule has 1 atom stereocenters. The number of carbonyl (C=O) groups excluding carboxylic acids is 2. The maximum atomic E-state index is 13.6. The topological polar surface area (TPSA) is 58.2 Å². The smallest absolute Gasteiger partial charge is 0.225 e. The molecule has 0 unspecified atom stereocenters. The first kappa shape index (κ1) is 14.2. The van der Waals surface area contributed by atoms with E-state index in [1.807, 2.05) is 6.08 Å². The average Bonchev–Trinajstić information content (AvgIpc) is 2.85. The molecule has 106 valence electrons. The zero-order chi connectivity index (χ0) is 14.5. The van der Waals surface area contributed by atoms with Gasteiger partial charge < -0.3 is 10.6 Å². The molecule has 0 spiro atoms. The number of halogens is 1. The zero-order valence-electron chi connectivity index (χ0n) is 11.3. The van der Waals surface area contributed by atoms with Gasteiger partial charge in [-0.15, -0.1) is 0 Å². The Bertz CT molecular complexity index is 555. The number of hydrogen-bond acceptors (Lipinski definition) is 2. The molecule has 0 aliphatic heterocycles. The molecule has 20 heavy (non-hydrogen) atoms. The summed E-state index contributed by atoms with van der Waals surface area (Å²) in [4.78, 5) is 22.8. The lowest BCUT2D eigenvalue weighted by molar-refractivity contribution is -0.117. The van der Waals surface area contributed by atoms with E-state index in [-0.39, 0.29) is 23.4 Å². The highest BCUT2D eigenvalue weighted by Crippen LogP contribution is 2.23. The van der Waals surface area contributed by atoms with Crippen molar-refractivity contribution in [1.29, 1.82) is 0 Å². The predicted octanol–water partition coefficient (Wildman–Crippen LogP) is 3.08. The third-order valence-corrected chi connectivity index (χ3v) is 3.12. The Hall–Kier alpha value is -2.17. The number of nitrogens with one attached hydrogen (secondary N) is 2. The maximum Gasteiger partial charge on any atom is 0.225 e. The highest BCUT2D eigenvalue weighted by atomic mass is 19.1. The number of hydrogen-bond donors (Lipinski definition) is 2. The van der Waals surface area contributed by atoms with Crippen LogP contribution in [0.25, 0.3) is 0 Å². The van der Waals surface area contributed by atoms with Crippen molar-refractivity contribution in [3.05, 3.63) is 36.2 Å². The van der Waals surface area contributed by atoms with Crippen LogP contribution in [0.5, 0.6) is 0 Å². The molecule has 0 heterocycles. The minimum Gasteiger partial charge on any atom is -0.326 e. The van der Waals surface area contributed by atoms with Gasteiger partial charge in [-0.2, -0.15) is 0 Å². The Balaban J connectivity index is 2.01. The van der Waals surface area contributed by atoms with E-state index in [0.29, 0.717) is 12.1 Å². The van der Waals surface area contributed by atoms with Gasteiger partial charge in [0.05, 0.1) is 5.69 Å². The van der Waals surface area contributed by atoms with E-state index in [4.69, 9.17) is 0 Å². The van der Waals surface area contributed by atoms with Crippen LogP contribution in [0.15, 0.2) is 30.4 Å². The van der Waals surface area contributed by atoms with E-state index >= 15 is 0 Å². The number of carbonyl (C=O) groups is 2. The number of rotatable bonds is 4. The van der Waals surface area contributed by atoms with Crippen LogP contribution in [0.4, 0.5) is 15.8 Å². The van der Waals surface area contributed by atoms with E-state index in [0.717, 1.165) is 12.8 Å². The van der Waals surface area contributed by atoms with Crippen LogP contribution in [0, 0.1) is 11.7 Å². The lowest BCUT2D eigenvalue weighted by Crippen LogP contribution is -2.16. The van der Waals surface area contributed by atoms with Gasteiger partial charge in [-0.25, -0.2) is 4.39 Å². The third kappa shape index (κ3) is 3.91. The molecule has 0 saturated carbocycles. The summed E-state index contributed by atoms with van der Waals surface area (Å²) in [6.45, 7) is 1.37. The zero-order valence-corrected chi connectivity index (χ0v) is 11.3. The van der Waals surface area contributed by atoms with Crippen molar-refractivity contribution in [3.8, 4) is 0 Å². The summed E-state index contributed by atoms with van der Waals surface area (Å²) >= 11 is 0. The van der Waals surface area contributed by atoms with Crippen molar-refractivity contribution in [3.63, 3.8) is 0 Å². The quantitative estimate of drug-likeness (QED) is 0.830. The van der Waals surface area contributed by atoms with Gasteiger partial charge in [0.1, 0.15) is 5.82 Å². The van der Waals surface area contributed by atoms with Crippen LogP contribution in [0.1, 0.15) is 26.2 Å². The molecule has 1 aliphatic rings. The summed E-state index contributed by atoms with van der Waals surface area (Å²) < 4.78 is 13.6. The standard InChI is InChI=1S/C15H17FN2O2/c1-10(19)17-12-6-7-13(16)14(9-12)18-15(20)8-11-4-2-3-5-11/h2,4,6-7,9,11H,3,5,8H2,1H3,(H,17,19)(H,18,20)/t11-/m0/s1. The van der Waals surface area contributed by atoms with Gasteiger partial charge in [0.25, 0.3) is 0 Å². The number of allylic oxidation sites excluding steroid dienone is 2. The Morgan fingerprint density at radius 2 is 2.15 bits per heavy atom. The van der Waals surface area contributed by atoms with Crippen LogP contribution in [0.2, 0.25) is 0 Å². The Morgan fingerprint density at radius 1 is 1.35 bits per heavy atom. The van der Waals surface area contributed by atoms with Crippen LogP contribution < -0.4 is 10.6 Å². The largest absolute Gasteiger partial charge is 0.326 e. The molecule has 1 aliphatic carbocycles. The van der Waals surface area contributed by atoms with Gasteiger partial charge in [0.2, 0.25) is 11.8 Å². The Morgan fingerprint density at radius 3 is 2.80 bits per heavy atom. The molecule has 2 amide bonds. The normalized spacial score (nSPS) is 17.0. The fraction of sp³-hybridized carbons (Fsp3) is 0.333. The lowest BCUT2D eigenvalue weighted by atomic mass is 10.1. The van der Waals surface area contributed by atoms with Crippen molar-refractivity contribution in [2.75, 3.05) is 10.6 Å². The Labute approximate surface area is 117 Å². The fourth-order valence-electron chi connectivity index (χ4n) is 2.21. The summed E-state index contributed by atoms with van der Waals surface area (Å²) in [6, 6.07) is 4.08. The molecule has 0 fully saturated rings.